The Hall–Kier alpha value is -0.120. The Labute approximate surface area is 93.6 Å². The molecular weight excluding hydrogens is 186 g/mol. The highest BCUT2D eigenvalue weighted by atomic mass is 15.2. The minimum atomic E-state index is 0.444. The molecule has 0 aromatic heterocycles. The first-order chi connectivity index (χ1) is 7.34. The van der Waals surface area contributed by atoms with E-state index in [1.54, 1.807) is 0 Å². The van der Waals surface area contributed by atoms with Gasteiger partial charge < -0.3 is 15.5 Å². The summed E-state index contributed by atoms with van der Waals surface area (Å²) in [5.74, 6) is 0. The van der Waals surface area contributed by atoms with E-state index in [0.29, 0.717) is 6.04 Å². The molecule has 88 valence electrons. The number of piperidine rings is 1. The Morgan fingerprint density at radius 1 is 0.933 bits per heavy atom. The van der Waals surface area contributed by atoms with Gasteiger partial charge in [-0.2, -0.15) is 0 Å². The molecule has 1 atom stereocenters. The van der Waals surface area contributed by atoms with E-state index < -0.39 is 0 Å². The van der Waals surface area contributed by atoms with E-state index in [1.807, 2.05) is 0 Å². The second-order valence-corrected chi connectivity index (χ2v) is 5.11. The van der Waals surface area contributed by atoms with Crippen molar-refractivity contribution < 1.29 is 0 Å². The third-order valence-electron chi connectivity index (χ3n) is 3.71. The van der Waals surface area contributed by atoms with Crippen molar-refractivity contribution >= 4 is 0 Å². The summed E-state index contributed by atoms with van der Waals surface area (Å²) in [6.45, 7) is 7.57. The van der Waals surface area contributed by atoms with Crippen molar-refractivity contribution in [1.82, 2.24) is 9.80 Å². The number of hydrogen-bond donors (Lipinski definition) is 1. The number of nitrogens with zero attached hydrogens (tertiary/aromatic N) is 2. The van der Waals surface area contributed by atoms with Crippen LogP contribution in [0.2, 0.25) is 0 Å². The Bertz CT molecular complexity index is 173. The van der Waals surface area contributed by atoms with Gasteiger partial charge in [-0.05, 0) is 58.4 Å². The molecule has 0 bridgehead atoms. The molecule has 0 saturated carbocycles. The molecule has 1 unspecified atom stereocenters. The Kier molecular flexibility index (Phi) is 4.42. The van der Waals surface area contributed by atoms with Gasteiger partial charge in [0.2, 0.25) is 0 Å². The van der Waals surface area contributed by atoms with Gasteiger partial charge >= 0.3 is 0 Å². The van der Waals surface area contributed by atoms with Crippen molar-refractivity contribution in [3.63, 3.8) is 0 Å². The molecular formula is C12H25N3. The van der Waals surface area contributed by atoms with Crippen LogP contribution in [-0.2, 0) is 0 Å². The minimum absolute atomic E-state index is 0.444. The maximum atomic E-state index is 5.89. The number of likely N-dealkylation sites (tertiary alicyclic amines) is 2. The van der Waals surface area contributed by atoms with Crippen molar-refractivity contribution in [2.45, 2.75) is 38.1 Å². The average Bonchev–Trinajstić information content (AvgIpc) is 2.66. The fraction of sp³-hybridized carbons (Fsp3) is 1.00. The molecule has 2 heterocycles. The van der Waals surface area contributed by atoms with E-state index >= 15 is 0 Å². The van der Waals surface area contributed by atoms with Gasteiger partial charge in [0.15, 0.2) is 0 Å². The third-order valence-corrected chi connectivity index (χ3v) is 3.71. The van der Waals surface area contributed by atoms with Crippen molar-refractivity contribution in [1.29, 1.82) is 0 Å². The summed E-state index contributed by atoms with van der Waals surface area (Å²) in [6.07, 6.45) is 6.79. The summed E-state index contributed by atoms with van der Waals surface area (Å²) in [7, 11) is 0. The molecule has 15 heavy (non-hydrogen) atoms. The Morgan fingerprint density at radius 2 is 1.67 bits per heavy atom. The minimum Gasteiger partial charge on any atom is -0.326 e. The molecule has 0 amide bonds. The van der Waals surface area contributed by atoms with Crippen molar-refractivity contribution in [3.05, 3.63) is 0 Å². The van der Waals surface area contributed by atoms with Crippen LogP contribution >= 0.6 is 0 Å². The van der Waals surface area contributed by atoms with Crippen molar-refractivity contribution in [3.8, 4) is 0 Å². The van der Waals surface area contributed by atoms with Crippen LogP contribution in [-0.4, -0.2) is 55.1 Å². The number of nitrogens with two attached hydrogens (primary N) is 1. The first kappa shape index (κ1) is 11.4. The van der Waals surface area contributed by atoms with Gasteiger partial charge in [0, 0.05) is 12.6 Å². The second-order valence-electron chi connectivity index (χ2n) is 5.11. The molecule has 2 saturated heterocycles. The zero-order valence-electron chi connectivity index (χ0n) is 9.83. The number of rotatable bonds is 4. The summed E-state index contributed by atoms with van der Waals surface area (Å²) in [4.78, 5) is 5.15. The van der Waals surface area contributed by atoms with Crippen molar-refractivity contribution in [2.24, 2.45) is 5.73 Å². The first-order valence-corrected chi connectivity index (χ1v) is 6.55. The van der Waals surface area contributed by atoms with Crippen LogP contribution in [0, 0.1) is 0 Å². The van der Waals surface area contributed by atoms with E-state index in [9.17, 15) is 0 Å². The maximum absolute atomic E-state index is 5.89. The molecule has 2 N–H and O–H groups in total. The highest BCUT2D eigenvalue weighted by Gasteiger charge is 2.18. The molecule has 3 heteroatoms. The van der Waals surface area contributed by atoms with Crippen LogP contribution in [0.4, 0.5) is 0 Å². The van der Waals surface area contributed by atoms with Crippen molar-refractivity contribution in [2.75, 3.05) is 39.3 Å². The van der Waals surface area contributed by atoms with Crippen LogP contribution in [0.25, 0.3) is 0 Å². The molecule has 2 aliphatic heterocycles. The predicted octanol–water partition coefficient (Wildman–Crippen LogP) is 0.895. The molecule has 3 nitrogen and oxygen atoms in total. The standard InChI is InChI=1S/C12H25N3/c13-12-5-10-15(11-12)9-4-8-14-6-2-1-3-7-14/h12H,1-11,13H2. The molecule has 2 fully saturated rings. The van der Waals surface area contributed by atoms with E-state index in [0.717, 1.165) is 6.54 Å². The predicted molar refractivity (Wildman–Crippen MR) is 63.9 cm³/mol. The highest BCUT2D eigenvalue weighted by molar-refractivity contribution is 4.77. The normalized spacial score (nSPS) is 29.8. The van der Waals surface area contributed by atoms with Gasteiger partial charge in [-0.15, -0.1) is 0 Å². The Balaban J connectivity index is 1.54. The van der Waals surface area contributed by atoms with Gasteiger partial charge in [-0.1, -0.05) is 6.42 Å². The summed E-state index contributed by atoms with van der Waals surface area (Å²) in [5, 5.41) is 0. The molecule has 0 aromatic carbocycles. The largest absolute Gasteiger partial charge is 0.326 e. The third kappa shape index (κ3) is 3.74. The fourth-order valence-corrected chi connectivity index (χ4v) is 2.77. The summed E-state index contributed by atoms with van der Waals surface area (Å²) in [5.41, 5.74) is 5.89. The topological polar surface area (TPSA) is 32.5 Å². The van der Waals surface area contributed by atoms with Gasteiger partial charge in [0.1, 0.15) is 0 Å². The second kappa shape index (κ2) is 5.83. The molecule has 0 aliphatic carbocycles. The zero-order valence-corrected chi connectivity index (χ0v) is 9.83. The van der Waals surface area contributed by atoms with E-state index in [4.69, 9.17) is 5.73 Å². The smallest absolute Gasteiger partial charge is 0.0180 e. The first-order valence-electron chi connectivity index (χ1n) is 6.55. The Morgan fingerprint density at radius 3 is 2.33 bits per heavy atom. The van der Waals surface area contributed by atoms with Gasteiger partial charge in [0.05, 0.1) is 0 Å². The maximum Gasteiger partial charge on any atom is 0.0180 e. The zero-order chi connectivity index (χ0) is 10.5. The van der Waals surface area contributed by atoms with Crippen LogP contribution in [0.5, 0.6) is 0 Å². The van der Waals surface area contributed by atoms with Gasteiger partial charge in [0.25, 0.3) is 0 Å². The molecule has 2 aliphatic rings. The van der Waals surface area contributed by atoms with Crippen LogP contribution in [0.3, 0.4) is 0 Å². The number of hydrogen-bond acceptors (Lipinski definition) is 3. The average molecular weight is 211 g/mol. The summed E-state index contributed by atoms with van der Waals surface area (Å²) < 4.78 is 0. The lowest BCUT2D eigenvalue weighted by Crippen LogP contribution is -2.33. The van der Waals surface area contributed by atoms with E-state index in [2.05, 4.69) is 9.80 Å². The van der Waals surface area contributed by atoms with E-state index in [1.165, 1.54) is 64.8 Å². The highest BCUT2D eigenvalue weighted by Crippen LogP contribution is 2.10. The van der Waals surface area contributed by atoms with Gasteiger partial charge in [-0.25, -0.2) is 0 Å². The molecule has 0 spiro atoms. The molecule has 0 radical (unpaired) electrons. The lowest BCUT2D eigenvalue weighted by Gasteiger charge is -2.27. The van der Waals surface area contributed by atoms with E-state index in [-0.39, 0.29) is 0 Å². The lowest BCUT2D eigenvalue weighted by molar-refractivity contribution is 0.211. The van der Waals surface area contributed by atoms with Crippen LogP contribution in [0.1, 0.15) is 32.1 Å². The van der Waals surface area contributed by atoms with Crippen LogP contribution < -0.4 is 5.73 Å². The molecule has 0 aromatic rings. The van der Waals surface area contributed by atoms with Gasteiger partial charge in [-0.3, -0.25) is 0 Å². The molecule has 2 rings (SSSR count). The lowest BCUT2D eigenvalue weighted by atomic mass is 10.1. The fourth-order valence-electron chi connectivity index (χ4n) is 2.77. The summed E-state index contributed by atoms with van der Waals surface area (Å²) >= 11 is 0. The SMILES string of the molecule is NC1CCN(CCCN2CCCCC2)C1. The quantitative estimate of drug-likeness (QED) is 0.750. The summed E-state index contributed by atoms with van der Waals surface area (Å²) in [6, 6.07) is 0.444. The monoisotopic (exact) mass is 211 g/mol. The van der Waals surface area contributed by atoms with Crippen LogP contribution in [0.15, 0.2) is 0 Å².